The van der Waals surface area contributed by atoms with Crippen LogP contribution in [0.2, 0.25) is 0 Å². The van der Waals surface area contributed by atoms with Crippen LogP contribution in [0.15, 0.2) is 42.5 Å². The highest BCUT2D eigenvalue weighted by Crippen LogP contribution is 2.40. The minimum Gasteiger partial charge on any atom is -0.494 e. The third kappa shape index (κ3) is 6.27. The number of nitrogens with zero attached hydrogens (tertiary/aromatic N) is 2. The van der Waals surface area contributed by atoms with Crippen molar-refractivity contribution < 1.29 is 36.9 Å². The summed E-state index contributed by atoms with van der Waals surface area (Å²) in [7, 11) is 0. The lowest BCUT2D eigenvalue weighted by atomic mass is 9.93. The molecular formula is C28H34F4N2O4. The van der Waals surface area contributed by atoms with E-state index in [0.29, 0.717) is 42.3 Å². The van der Waals surface area contributed by atoms with Crippen molar-refractivity contribution in [3.63, 3.8) is 0 Å². The molecule has 2 heterocycles. The van der Waals surface area contributed by atoms with E-state index < -0.39 is 24.1 Å². The molecule has 0 radical (unpaired) electrons. The Morgan fingerprint density at radius 2 is 1.66 bits per heavy atom. The molecule has 1 N–H and O–H groups in total. The lowest BCUT2D eigenvalue weighted by Gasteiger charge is -2.44. The number of hydrogen-bond acceptors (Lipinski definition) is 5. The molecule has 0 amide bonds. The summed E-state index contributed by atoms with van der Waals surface area (Å²) in [6, 6.07) is 10.8. The number of alkyl halides is 3. The lowest BCUT2D eigenvalue weighted by molar-refractivity contribution is -0.169. The predicted octanol–water partition coefficient (Wildman–Crippen LogP) is 6.28. The molecule has 2 fully saturated rings. The van der Waals surface area contributed by atoms with Gasteiger partial charge in [-0.25, -0.2) is 4.39 Å². The largest absolute Gasteiger partial charge is 0.494 e. The van der Waals surface area contributed by atoms with Crippen molar-refractivity contribution in [3.8, 4) is 11.5 Å². The minimum absolute atomic E-state index is 0.00456. The second kappa shape index (κ2) is 11.3. The maximum Gasteiger partial charge on any atom is 0.393 e. The number of hydrogen-bond donors (Lipinski definition) is 1. The number of halogens is 4. The van der Waals surface area contributed by atoms with Crippen molar-refractivity contribution in [2.75, 3.05) is 23.0 Å². The van der Waals surface area contributed by atoms with Crippen molar-refractivity contribution >= 4 is 17.3 Å². The molecule has 2 aromatic rings. The van der Waals surface area contributed by atoms with Gasteiger partial charge in [0.15, 0.2) is 0 Å². The van der Waals surface area contributed by atoms with Gasteiger partial charge in [-0.2, -0.15) is 13.2 Å². The van der Waals surface area contributed by atoms with E-state index in [1.54, 1.807) is 36.4 Å². The first-order valence-electron chi connectivity index (χ1n) is 13.0. The fourth-order valence-corrected chi connectivity index (χ4v) is 5.81. The monoisotopic (exact) mass is 538 g/mol. The van der Waals surface area contributed by atoms with Crippen molar-refractivity contribution in [1.29, 1.82) is 0 Å². The average molecular weight is 539 g/mol. The van der Waals surface area contributed by atoms with E-state index in [1.165, 1.54) is 11.0 Å². The zero-order chi connectivity index (χ0) is 27.6. The molecule has 38 heavy (non-hydrogen) atoms. The van der Waals surface area contributed by atoms with Crippen LogP contribution in [0.25, 0.3) is 0 Å². The number of benzene rings is 2. The van der Waals surface area contributed by atoms with Gasteiger partial charge in [0.25, 0.3) is 0 Å². The van der Waals surface area contributed by atoms with Crippen molar-refractivity contribution in [3.05, 3.63) is 48.3 Å². The Balaban J connectivity index is 1.42. The predicted molar refractivity (Wildman–Crippen MR) is 137 cm³/mol. The molecule has 208 valence electrons. The minimum atomic E-state index is -4.37. The zero-order valence-corrected chi connectivity index (χ0v) is 21.7. The molecule has 5 atom stereocenters. The number of carboxylic acid groups (broad SMARTS) is 1. The summed E-state index contributed by atoms with van der Waals surface area (Å²) in [5, 5.41) is 9.18. The molecule has 2 aromatic carbocycles. The van der Waals surface area contributed by atoms with Gasteiger partial charge in [-0.1, -0.05) is 0 Å². The van der Waals surface area contributed by atoms with Crippen molar-refractivity contribution in [2.45, 2.75) is 76.9 Å². The third-order valence-corrected chi connectivity index (χ3v) is 7.42. The summed E-state index contributed by atoms with van der Waals surface area (Å²) >= 11 is 0. The third-order valence-electron chi connectivity index (χ3n) is 7.42. The SMILES string of the molecule is CCOc1ccc(F)c(N2[C@H](C)CC(Oc3ccc(N4C[C@H](C(F)(F)F)C[C@@H]4CC(=O)O)cc3)C[C@@H]2C)c1. The first kappa shape index (κ1) is 27.9. The van der Waals surface area contributed by atoms with Gasteiger partial charge in [-0.3, -0.25) is 4.79 Å². The molecule has 6 nitrogen and oxygen atoms in total. The Bertz CT molecular complexity index is 1100. The molecule has 2 aliphatic rings. The quantitative estimate of drug-likeness (QED) is 0.399. The van der Waals surface area contributed by atoms with E-state index in [-0.39, 0.29) is 43.4 Å². The van der Waals surface area contributed by atoms with E-state index in [1.807, 2.05) is 25.7 Å². The van der Waals surface area contributed by atoms with Gasteiger partial charge >= 0.3 is 12.1 Å². The fourth-order valence-electron chi connectivity index (χ4n) is 5.81. The Kier molecular flexibility index (Phi) is 8.28. The number of piperidine rings is 1. The molecule has 2 saturated heterocycles. The highest BCUT2D eigenvalue weighted by atomic mass is 19.4. The first-order chi connectivity index (χ1) is 18.0. The van der Waals surface area contributed by atoms with E-state index >= 15 is 0 Å². The van der Waals surface area contributed by atoms with Gasteiger partial charge in [0.2, 0.25) is 0 Å². The van der Waals surface area contributed by atoms with Crippen LogP contribution < -0.4 is 19.3 Å². The van der Waals surface area contributed by atoms with Crippen molar-refractivity contribution in [1.82, 2.24) is 0 Å². The van der Waals surface area contributed by atoms with Gasteiger partial charge in [0.1, 0.15) is 23.4 Å². The fraction of sp³-hybridized carbons (Fsp3) is 0.536. The van der Waals surface area contributed by atoms with Crippen LogP contribution in [0, 0.1) is 11.7 Å². The Hall–Kier alpha value is -3.17. The molecule has 10 heteroatoms. The summed E-state index contributed by atoms with van der Waals surface area (Å²) in [5.74, 6) is -1.79. The average Bonchev–Trinajstić information content (AvgIpc) is 3.25. The molecule has 1 unspecified atom stereocenters. The van der Waals surface area contributed by atoms with Gasteiger partial charge in [-0.15, -0.1) is 0 Å². The van der Waals surface area contributed by atoms with Crippen LogP contribution >= 0.6 is 0 Å². The normalized spacial score (nSPS) is 25.9. The molecule has 0 aromatic heterocycles. The molecular weight excluding hydrogens is 504 g/mol. The number of carboxylic acids is 1. The van der Waals surface area contributed by atoms with Gasteiger partial charge in [0.05, 0.1) is 24.6 Å². The van der Waals surface area contributed by atoms with Gasteiger partial charge < -0.3 is 24.4 Å². The molecule has 2 aliphatic heterocycles. The van der Waals surface area contributed by atoms with E-state index in [9.17, 15) is 27.5 Å². The summed E-state index contributed by atoms with van der Waals surface area (Å²) in [6.07, 6.45) is -3.77. The number of rotatable bonds is 8. The van der Waals surface area contributed by atoms with Crippen LogP contribution in [0.1, 0.15) is 46.5 Å². The first-order valence-corrected chi connectivity index (χ1v) is 13.0. The molecule has 4 rings (SSSR count). The van der Waals surface area contributed by atoms with Crippen LogP contribution in [0.4, 0.5) is 28.9 Å². The number of ether oxygens (including phenoxy) is 2. The second-order valence-electron chi connectivity index (χ2n) is 10.2. The maximum absolute atomic E-state index is 14.7. The van der Waals surface area contributed by atoms with E-state index in [4.69, 9.17) is 9.47 Å². The Morgan fingerprint density at radius 1 is 1.03 bits per heavy atom. The van der Waals surface area contributed by atoms with Gasteiger partial charge in [-0.05, 0) is 63.6 Å². The Morgan fingerprint density at radius 3 is 2.24 bits per heavy atom. The van der Waals surface area contributed by atoms with Crippen LogP contribution in [-0.4, -0.2) is 54.6 Å². The topological polar surface area (TPSA) is 62.2 Å². The molecule has 0 saturated carbocycles. The zero-order valence-electron chi connectivity index (χ0n) is 21.7. The summed E-state index contributed by atoms with van der Waals surface area (Å²) < 4.78 is 66.5. The van der Waals surface area contributed by atoms with Crippen LogP contribution in [-0.2, 0) is 4.79 Å². The standard InChI is InChI=1S/C28H34F4N2O4/c1-4-37-23-9-10-25(29)26(15-23)34-17(2)11-24(12-18(34)3)38-22-7-5-20(6-8-22)33-16-19(28(30,31)32)13-21(33)14-27(35)36/h5-10,15,17-19,21,24H,4,11-14,16H2,1-3H3,(H,35,36)/t17-,18+,19-,21-,24?/m1/s1. The number of anilines is 2. The molecule has 0 spiro atoms. The Labute approximate surface area is 220 Å². The smallest absolute Gasteiger partial charge is 0.393 e. The molecule has 0 bridgehead atoms. The number of carbonyl (C=O) groups is 1. The maximum atomic E-state index is 14.7. The van der Waals surface area contributed by atoms with Gasteiger partial charge in [0, 0.05) is 49.3 Å². The molecule has 0 aliphatic carbocycles. The van der Waals surface area contributed by atoms with E-state index in [0.717, 1.165) is 0 Å². The highest BCUT2D eigenvalue weighted by Gasteiger charge is 2.48. The second-order valence-corrected chi connectivity index (χ2v) is 10.2. The van der Waals surface area contributed by atoms with Crippen molar-refractivity contribution in [2.24, 2.45) is 5.92 Å². The summed E-state index contributed by atoms with van der Waals surface area (Å²) in [5.41, 5.74) is 1.04. The lowest BCUT2D eigenvalue weighted by Crippen LogP contribution is -2.50. The number of aliphatic carboxylic acids is 1. The summed E-state index contributed by atoms with van der Waals surface area (Å²) in [6.45, 7) is 6.15. The van der Waals surface area contributed by atoms with E-state index in [2.05, 4.69) is 0 Å². The summed E-state index contributed by atoms with van der Waals surface area (Å²) in [4.78, 5) is 14.8. The van der Waals surface area contributed by atoms with Crippen LogP contribution in [0.5, 0.6) is 11.5 Å². The highest BCUT2D eigenvalue weighted by molar-refractivity contribution is 5.69. The van der Waals surface area contributed by atoms with Crippen LogP contribution in [0.3, 0.4) is 0 Å².